The van der Waals surface area contributed by atoms with Crippen molar-refractivity contribution in [1.82, 2.24) is 20.3 Å². The van der Waals surface area contributed by atoms with Crippen LogP contribution in [0.15, 0.2) is 36.9 Å². The van der Waals surface area contributed by atoms with Crippen molar-refractivity contribution in [3.05, 3.63) is 54.1 Å². The predicted molar refractivity (Wildman–Crippen MR) is 101 cm³/mol. The molecule has 4 rings (SSSR count). The van der Waals surface area contributed by atoms with Gasteiger partial charge in [-0.2, -0.15) is 0 Å². The number of rotatable bonds is 4. The minimum Gasteiger partial charge on any atom is -0.378 e. The number of benzene rings is 1. The van der Waals surface area contributed by atoms with Crippen LogP contribution in [-0.4, -0.2) is 41.1 Å². The highest BCUT2D eigenvalue weighted by molar-refractivity contribution is 5.75. The van der Waals surface area contributed by atoms with Crippen LogP contribution >= 0.6 is 0 Å². The first kappa shape index (κ1) is 17.5. The maximum atomic E-state index is 14.5. The zero-order valence-electron chi connectivity index (χ0n) is 14.8. The summed E-state index contributed by atoms with van der Waals surface area (Å²) in [5, 5.41) is 6.51. The Balaban J connectivity index is 1.59. The molecule has 3 heterocycles. The number of pyridine rings is 1. The van der Waals surface area contributed by atoms with Crippen molar-refractivity contribution in [3.8, 4) is 0 Å². The Morgan fingerprint density at radius 3 is 2.85 bits per heavy atom. The lowest BCUT2D eigenvalue weighted by atomic mass is 10.1. The third-order valence-electron chi connectivity index (χ3n) is 4.60. The van der Waals surface area contributed by atoms with Crippen LogP contribution in [0.4, 0.5) is 20.2 Å². The third kappa shape index (κ3) is 3.80. The van der Waals surface area contributed by atoms with E-state index < -0.39 is 5.82 Å². The van der Waals surface area contributed by atoms with E-state index in [4.69, 9.17) is 0 Å². The quantitative estimate of drug-likeness (QED) is 0.736. The molecule has 0 amide bonds. The number of hydrogen-bond donors (Lipinski definition) is 2. The van der Waals surface area contributed by atoms with Gasteiger partial charge in [0.05, 0.1) is 29.3 Å². The van der Waals surface area contributed by atoms with Gasteiger partial charge in [0.25, 0.3) is 0 Å². The van der Waals surface area contributed by atoms with Crippen molar-refractivity contribution in [3.63, 3.8) is 0 Å². The molecule has 3 aromatic rings. The van der Waals surface area contributed by atoms with Gasteiger partial charge in [-0.05, 0) is 30.7 Å². The van der Waals surface area contributed by atoms with Crippen LogP contribution < -0.4 is 15.5 Å². The number of nitrogens with one attached hydrogen (secondary N) is 2. The molecule has 1 aliphatic rings. The van der Waals surface area contributed by atoms with Gasteiger partial charge in [0, 0.05) is 38.6 Å². The van der Waals surface area contributed by atoms with Gasteiger partial charge in [-0.1, -0.05) is 0 Å². The second kappa shape index (κ2) is 7.79. The highest BCUT2D eigenvalue weighted by Gasteiger charge is 2.18. The summed E-state index contributed by atoms with van der Waals surface area (Å²) in [6.45, 7) is 3.53. The van der Waals surface area contributed by atoms with E-state index in [1.807, 2.05) is 4.90 Å². The number of aromatic nitrogens is 3. The summed E-state index contributed by atoms with van der Waals surface area (Å²) in [4.78, 5) is 14.1. The van der Waals surface area contributed by atoms with E-state index in [-0.39, 0.29) is 11.3 Å². The molecule has 1 fully saturated rings. The lowest BCUT2D eigenvalue weighted by Crippen LogP contribution is -2.29. The molecule has 0 aliphatic carbocycles. The maximum absolute atomic E-state index is 14.5. The second-order valence-corrected chi connectivity index (χ2v) is 6.46. The summed E-state index contributed by atoms with van der Waals surface area (Å²) in [5.41, 5.74) is 2.54. The molecule has 0 saturated carbocycles. The summed E-state index contributed by atoms with van der Waals surface area (Å²) >= 11 is 0. The fraction of sp³-hybridized carbons (Fsp3) is 0.316. The molecular weight excluding hydrogens is 350 g/mol. The van der Waals surface area contributed by atoms with E-state index in [1.54, 1.807) is 12.3 Å². The SMILES string of the molecule is Fc1cncc(NCc2cc(F)c3nccnc3c2)c1N1CCCNCC1. The van der Waals surface area contributed by atoms with Crippen LogP contribution in [0, 0.1) is 11.6 Å². The van der Waals surface area contributed by atoms with Crippen LogP contribution in [0.5, 0.6) is 0 Å². The van der Waals surface area contributed by atoms with Crippen LogP contribution in [0.3, 0.4) is 0 Å². The van der Waals surface area contributed by atoms with E-state index in [0.717, 1.165) is 32.6 Å². The van der Waals surface area contributed by atoms with Crippen molar-refractivity contribution >= 4 is 22.4 Å². The smallest absolute Gasteiger partial charge is 0.166 e. The number of anilines is 2. The van der Waals surface area contributed by atoms with Crippen molar-refractivity contribution in [2.75, 3.05) is 36.4 Å². The third-order valence-corrected chi connectivity index (χ3v) is 4.60. The van der Waals surface area contributed by atoms with Crippen molar-refractivity contribution in [2.24, 2.45) is 0 Å². The summed E-state index contributed by atoms with van der Waals surface area (Å²) < 4.78 is 28.8. The van der Waals surface area contributed by atoms with Crippen LogP contribution in [0.2, 0.25) is 0 Å². The molecule has 1 aliphatic heterocycles. The summed E-state index contributed by atoms with van der Waals surface area (Å²) in [5.74, 6) is -0.786. The number of hydrogen-bond acceptors (Lipinski definition) is 6. The zero-order chi connectivity index (χ0) is 18.6. The Kier molecular flexibility index (Phi) is 5.06. The molecule has 0 atom stereocenters. The van der Waals surface area contributed by atoms with Crippen molar-refractivity contribution in [1.29, 1.82) is 0 Å². The molecule has 0 radical (unpaired) electrons. The fourth-order valence-electron chi connectivity index (χ4n) is 3.33. The number of halogens is 2. The molecule has 2 aromatic heterocycles. The molecule has 0 spiro atoms. The van der Waals surface area contributed by atoms with E-state index in [9.17, 15) is 8.78 Å². The first-order valence-corrected chi connectivity index (χ1v) is 8.94. The largest absolute Gasteiger partial charge is 0.378 e. The zero-order valence-corrected chi connectivity index (χ0v) is 14.8. The Hall–Kier alpha value is -2.87. The van der Waals surface area contributed by atoms with Crippen LogP contribution in [0.1, 0.15) is 12.0 Å². The molecular formula is C19H20F2N6. The number of nitrogens with zero attached hydrogens (tertiary/aromatic N) is 4. The van der Waals surface area contributed by atoms with Crippen molar-refractivity contribution < 1.29 is 8.78 Å². The Morgan fingerprint density at radius 1 is 1.04 bits per heavy atom. The van der Waals surface area contributed by atoms with Crippen LogP contribution in [0.25, 0.3) is 11.0 Å². The Bertz CT molecular complexity index is 941. The van der Waals surface area contributed by atoms with Gasteiger partial charge in [0.15, 0.2) is 11.6 Å². The lowest BCUT2D eigenvalue weighted by molar-refractivity contribution is 0.612. The molecule has 8 heteroatoms. The Morgan fingerprint density at radius 2 is 1.93 bits per heavy atom. The number of fused-ring (bicyclic) bond motifs is 1. The average Bonchev–Trinajstić information content (AvgIpc) is 2.96. The molecule has 140 valence electrons. The topological polar surface area (TPSA) is 66.0 Å². The van der Waals surface area contributed by atoms with Crippen LogP contribution in [-0.2, 0) is 6.54 Å². The first-order chi connectivity index (χ1) is 13.2. The monoisotopic (exact) mass is 370 g/mol. The summed E-state index contributed by atoms with van der Waals surface area (Å²) in [7, 11) is 0. The molecule has 27 heavy (non-hydrogen) atoms. The van der Waals surface area contributed by atoms with Gasteiger partial charge in [-0.15, -0.1) is 0 Å². The minimum atomic E-state index is -0.423. The average molecular weight is 370 g/mol. The van der Waals surface area contributed by atoms with E-state index in [2.05, 4.69) is 25.6 Å². The highest BCUT2D eigenvalue weighted by atomic mass is 19.1. The molecule has 2 N–H and O–H groups in total. The molecule has 0 unspecified atom stereocenters. The molecule has 6 nitrogen and oxygen atoms in total. The molecule has 0 bridgehead atoms. The van der Waals surface area contributed by atoms with Gasteiger partial charge in [0.2, 0.25) is 0 Å². The van der Waals surface area contributed by atoms with Gasteiger partial charge in [-0.25, -0.2) is 13.8 Å². The molecule has 1 saturated heterocycles. The van der Waals surface area contributed by atoms with Crippen molar-refractivity contribution in [2.45, 2.75) is 13.0 Å². The van der Waals surface area contributed by atoms with E-state index in [1.165, 1.54) is 24.7 Å². The lowest BCUT2D eigenvalue weighted by Gasteiger charge is -2.25. The second-order valence-electron chi connectivity index (χ2n) is 6.46. The van der Waals surface area contributed by atoms with Gasteiger partial charge in [-0.3, -0.25) is 9.97 Å². The predicted octanol–water partition coefficient (Wildman–Crippen LogP) is 2.71. The normalized spacial score (nSPS) is 15.0. The summed E-state index contributed by atoms with van der Waals surface area (Å²) in [6, 6.07) is 3.20. The molecule has 1 aromatic carbocycles. The first-order valence-electron chi connectivity index (χ1n) is 8.94. The summed E-state index contributed by atoms with van der Waals surface area (Å²) in [6.07, 6.45) is 6.76. The van der Waals surface area contributed by atoms with Gasteiger partial charge < -0.3 is 15.5 Å². The maximum Gasteiger partial charge on any atom is 0.166 e. The van der Waals surface area contributed by atoms with E-state index in [0.29, 0.717) is 29.0 Å². The fourth-order valence-corrected chi connectivity index (χ4v) is 3.33. The van der Waals surface area contributed by atoms with Gasteiger partial charge in [0.1, 0.15) is 5.52 Å². The van der Waals surface area contributed by atoms with E-state index >= 15 is 0 Å². The standard InChI is InChI=1S/C19H20F2N6/c20-14-8-13(9-16-18(14)25-4-3-24-16)10-26-17-12-23-11-15(21)19(17)27-6-1-2-22-5-7-27/h3-4,8-9,11-12,22,26H,1-2,5-7,10H2. The minimum absolute atomic E-state index is 0.242. The highest BCUT2D eigenvalue weighted by Crippen LogP contribution is 2.29. The van der Waals surface area contributed by atoms with Gasteiger partial charge >= 0.3 is 0 Å². The Labute approximate surface area is 155 Å².